The molecule has 1 fully saturated rings. The minimum absolute atomic E-state index is 0.0605. The molecule has 1 aromatic carbocycles. The highest BCUT2D eigenvalue weighted by atomic mass is 79.9. The summed E-state index contributed by atoms with van der Waals surface area (Å²) in [7, 11) is 1.42. The number of carbonyl (C=O) groups is 1. The lowest BCUT2D eigenvalue weighted by molar-refractivity contribution is -0.137. The van der Waals surface area contributed by atoms with E-state index in [1.54, 1.807) is 0 Å². The minimum Gasteiger partial charge on any atom is -0.422 e. The number of imidazole rings is 1. The van der Waals surface area contributed by atoms with Gasteiger partial charge in [0.1, 0.15) is 17.7 Å². The van der Waals surface area contributed by atoms with Crippen LogP contribution in [0.2, 0.25) is 5.28 Å². The van der Waals surface area contributed by atoms with Crippen molar-refractivity contribution >= 4 is 67.5 Å². The Morgan fingerprint density at radius 3 is 2.68 bits per heavy atom. The number of carbonyl (C=O) groups excluding carboxylic acids is 1. The number of halogens is 2. The lowest BCUT2D eigenvalue weighted by Gasteiger charge is -2.16. The first-order valence-electron chi connectivity index (χ1n) is 12.0. The lowest BCUT2D eigenvalue weighted by atomic mass is 10.1. The van der Waals surface area contributed by atoms with Crippen LogP contribution in [0.4, 0.5) is 11.8 Å². The Hall–Kier alpha value is -3.04. The van der Waals surface area contributed by atoms with Gasteiger partial charge in [-0.1, -0.05) is 0 Å². The Morgan fingerprint density at radius 2 is 1.97 bits per heavy atom. The van der Waals surface area contributed by atoms with Gasteiger partial charge in [-0.25, -0.2) is 4.98 Å². The molecule has 1 aliphatic heterocycles. The van der Waals surface area contributed by atoms with Crippen LogP contribution in [0.25, 0.3) is 22.3 Å². The number of anilines is 2. The first kappa shape index (κ1) is 26.6. The molecule has 1 amide bonds. The van der Waals surface area contributed by atoms with Crippen molar-refractivity contribution in [1.29, 1.82) is 0 Å². The highest BCUT2D eigenvalue weighted by molar-refractivity contribution is 9.10. The van der Waals surface area contributed by atoms with E-state index in [1.165, 1.54) is 17.9 Å². The van der Waals surface area contributed by atoms with Crippen molar-refractivity contribution in [2.75, 3.05) is 30.4 Å². The second-order valence-corrected chi connectivity index (χ2v) is 9.85. The predicted molar refractivity (Wildman–Crippen MR) is 143 cm³/mol. The molecule has 0 bridgehead atoms. The Balaban J connectivity index is 1.42. The average molecular weight is 610 g/mol. The predicted octanol–water partition coefficient (Wildman–Crippen LogP) is 2.21. The van der Waals surface area contributed by atoms with E-state index < -0.39 is 30.4 Å². The summed E-state index contributed by atoms with van der Waals surface area (Å²) >= 11 is 9.79. The van der Waals surface area contributed by atoms with E-state index in [0.29, 0.717) is 35.0 Å². The lowest BCUT2D eigenvalue weighted by Crippen LogP contribution is -2.41. The molecule has 1 saturated heterocycles. The number of oxazole rings is 1. The Kier molecular flexibility index (Phi) is 7.42. The SMILES string of the molecule is CCN(CC)c1nc2cc(CNc3nc(Cl)nc4c3ncn4[C@@H]3O[C@H](C(=O)NC)[C@@H](O)[C@H]3O)cc(Br)c2o1. The Labute approximate surface area is 230 Å². The molecule has 0 saturated carbocycles. The van der Waals surface area contributed by atoms with Crippen molar-refractivity contribution in [1.82, 2.24) is 29.8 Å². The smallest absolute Gasteiger partial charge is 0.298 e. The van der Waals surface area contributed by atoms with Crippen molar-refractivity contribution < 1.29 is 24.2 Å². The maximum Gasteiger partial charge on any atom is 0.298 e. The van der Waals surface area contributed by atoms with Gasteiger partial charge in [-0.3, -0.25) is 9.36 Å². The van der Waals surface area contributed by atoms with Gasteiger partial charge in [-0.05, 0) is 59.1 Å². The number of benzene rings is 1. The van der Waals surface area contributed by atoms with Crippen molar-refractivity contribution in [3.05, 3.63) is 33.8 Å². The summed E-state index contributed by atoms with van der Waals surface area (Å²) in [4.78, 5) is 31.6. The van der Waals surface area contributed by atoms with E-state index in [4.69, 9.17) is 20.8 Å². The largest absolute Gasteiger partial charge is 0.422 e. The summed E-state index contributed by atoms with van der Waals surface area (Å²) in [5.74, 6) is -0.201. The first-order valence-corrected chi connectivity index (χ1v) is 13.1. The van der Waals surface area contributed by atoms with Crippen LogP contribution < -0.4 is 15.5 Å². The van der Waals surface area contributed by atoms with Gasteiger partial charge in [-0.2, -0.15) is 15.0 Å². The molecule has 0 aliphatic carbocycles. The molecule has 0 spiro atoms. The summed E-state index contributed by atoms with van der Waals surface area (Å²) in [6.07, 6.45) is -3.80. The number of aromatic nitrogens is 5. The van der Waals surface area contributed by atoms with Crippen LogP contribution in [0.5, 0.6) is 0 Å². The van der Waals surface area contributed by atoms with Crippen LogP contribution in [0.3, 0.4) is 0 Å². The number of fused-ring (bicyclic) bond motifs is 2. The van der Waals surface area contributed by atoms with Crippen LogP contribution in [0.1, 0.15) is 25.6 Å². The van der Waals surface area contributed by atoms with Crippen molar-refractivity contribution in [3.8, 4) is 0 Å². The van der Waals surface area contributed by atoms with Crippen molar-refractivity contribution in [2.24, 2.45) is 0 Å². The number of amides is 1. The highest BCUT2D eigenvalue weighted by Gasteiger charge is 2.47. The zero-order valence-electron chi connectivity index (χ0n) is 20.7. The first-order chi connectivity index (χ1) is 18.2. The molecule has 4 aromatic rings. The van der Waals surface area contributed by atoms with Crippen LogP contribution in [-0.2, 0) is 16.1 Å². The molecular formula is C23H26BrClN8O5. The summed E-state index contributed by atoms with van der Waals surface area (Å²) < 4.78 is 13.8. The third-order valence-electron chi connectivity index (χ3n) is 6.40. The summed E-state index contributed by atoms with van der Waals surface area (Å²) in [5, 5.41) is 26.5. The quantitative estimate of drug-likeness (QED) is 0.217. The van der Waals surface area contributed by atoms with Crippen LogP contribution in [0, 0.1) is 0 Å². The molecule has 4 atom stereocenters. The molecule has 202 valence electrons. The van der Waals surface area contributed by atoms with Crippen LogP contribution in [0.15, 0.2) is 27.3 Å². The van der Waals surface area contributed by atoms with Gasteiger partial charge >= 0.3 is 0 Å². The van der Waals surface area contributed by atoms with E-state index in [0.717, 1.165) is 23.1 Å². The standard InChI is InChI=1S/C23H26BrClN8O5/c1-4-32(5-2)23-29-12-7-10(6-11(24)16(12)38-23)8-27-18-13-19(31-22(25)30-18)33(9-28-13)21-15(35)14(34)17(37-21)20(36)26-3/h6-7,9,14-15,17,21,34-35H,4-5,8H2,1-3H3,(H,26,36)(H,27,30,31)/t14-,15+,17-,21+/m0/s1. The fourth-order valence-electron chi connectivity index (χ4n) is 4.40. The van der Waals surface area contributed by atoms with E-state index >= 15 is 0 Å². The molecule has 4 heterocycles. The Morgan fingerprint density at radius 1 is 1.21 bits per heavy atom. The van der Waals surface area contributed by atoms with Crippen LogP contribution in [-0.4, -0.2) is 79.1 Å². The molecule has 13 nitrogen and oxygen atoms in total. The monoisotopic (exact) mass is 608 g/mol. The fraction of sp³-hybridized carbons (Fsp3) is 0.435. The van der Waals surface area contributed by atoms with Gasteiger partial charge in [0.05, 0.1) is 10.8 Å². The number of aliphatic hydroxyl groups excluding tert-OH is 2. The van der Waals surface area contributed by atoms with Gasteiger partial charge in [-0.15, -0.1) is 0 Å². The maximum absolute atomic E-state index is 12.0. The van der Waals surface area contributed by atoms with Crippen LogP contribution >= 0.6 is 27.5 Å². The third-order valence-corrected chi connectivity index (χ3v) is 7.16. The second kappa shape index (κ2) is 10.6. The van der Waals surface area contributed by atoms with E-state index in [2.05, 4.69) is 46.5 Å². The normalized spacial score (nSPS) is 21.3. The highest BCUT2D eigenvalue weighted by Crippen LogP contribution is 2.34. The van der Waals surface area contributed by atoms with Gasteiger partial charge in [0, 0.05) is 26.7 Å². The number of nitrogens with one attached hydrogen (secondary N) is 2. The number of nitrogens with zero attached hydrogens (tertiary/aromatic N) is 6. The average Bonchev–Trinajstić information content (AvgIpc) is 3.59. The molecule has 3 aromatic heterocycles. The van der Waals surface area contributed by atoms with Crippen molar-refractivity contribution in [2.45, 2.75) is 44.9 Å². The molecule has 5 rings (SSSR count). The van der Waals surface area contributed by atoms with Gasteiger partial charge in [0.25, 0.3) is 11.9 Å². The molecule has 0 radical (unpaired) electrons. The molecule has 4 N–H and O–H groups in total. The summed E-state index contributed by atoms with van der Waals surface area (Å²) in [5.41, 5.74) is 2.91. The van der Waals surface area contributed by atoms with Gasteiger partial charge in [0.15, 0.2) is 34.9 Å². The number of likely N-dealkylation sites (N-methyl/N-ethyl adjacent to an activating group) is 1. The van der Waals surface area contributed by atoms with Gasteiger partial charge in [0.2, 0.25) is 5.28 Å². The zero-order chi connectivity index (χ0) is 27.1. The minimum atomic E-state index is -1.43. The summed E-state index contributed by atoms with van der Waals surface area (Å²) in [6.45, 7) is 6.00. The van der Waals surface area contributed by atoms with Gasteiger partial charge < -0.3 is 34.9 Å². The number of aliphatic hydroxyl groups is 2. The number of ether oxygens (including phenoxy) is 1. The molecule has 0 unspecified atom stereocenters. The second-order valence-electron chi connectivity index (χ2n) is 8.66. The third kappa shape index (κ3) is 4.66. The molecular weight excluding hydrogens is 584 g/mol. The molecule has 1 aliphatic rings. The molecule has 15 heteroatoms. The number of rotatable bonds is 8. The number of hydrogen-bond donors (Lipinski definition) is 4. The molecule has 38 heavy (non-hydrogen) atoms. The van der Waals surface area contributed by atoms with E-state index in [1.807, 2.05) is 30.9 Å². The fourth-order valence-corrected chi connectivity index (χ4v) is 5.14. The number of hydrogen-bond acceptors (Lipinski definition) is 11. The van der Waals surface area contributed by atoms with Crippen molar-refractivity contribution in [3.63, 3.8) is 0 Å². The maximum atomic E-state index is 12.0. The van der Waals surface area contributed by atoms with E-state index in [9.17, 15) is 15.0 Å². The Bertz CT molecular complexity index is 1490. The topological polar surface area (TPSA) is 164 Å². The van der Waals surface area contributed by atoms with E-state index in [-0.39, 0.29) is 10.9 Å². The zero-order valence-corrected chi connectivity index (χ0v) is 23.1. The summed E-state index contributed by atoms with van der Waals surface area (Å²) in [6, 6.07) is 4.41.